The molecule has 0 fully saturated rings. The van der Waals surface area contributed by atoms with Gasteiger partial charge in [0.2, 0.25) is 11.8 Å². The number of likely N-dealkylation sites (N-methyl/N-ethyl adjacent to an activating group) is 1. The third-order valence-corrected chi connectivity index (χ3v) is 8.30. The molecule has 196 valence electrons. The predicted octanol–water partition coefficient (Wildman–Crippen LogP) is 5.05. The summed E-state index contributed by atoms with van der Waals surface area (Å²) in [7, 11) is -4.15. The molecule has 1 N–H and O–H groups in total. The number of benzene rings is 3. The van der Waals surface area contributed by atoms with E-state index in [0.717, 1.165) is 4.31 Å². The van der Waals surface area contributed by atoms with Crippen LogP contribution in [0.1, 0.15) is 25.0 Å². The first-order valence-electron chi connectivity index (χ1n) is 11.7. The van der Waals surface area contributed by atoms with Gasteiger partial charge in [-0.2, -0.15) is 0 Å². The number of hydrogen-bond acceptors (Lipinski definition) is 4. The molecule has 0 unspecified atom stereocenters. The van der Waals surface area contributed by atoms with E-state index in [1.54, 1.807) is 81.4 Å². The maximum absolute atomic E-state index is 13.8. The zero-order chi connectivity index (χ0) is 27.2. The molecule has 10 heteroatoms. The van der Waals surface area contributed by atoms with Crippen LogP contribution in [0.4, 0.5) is 5.69 Å². The van der Waals surface area contributed by atoms with E-state index in [-0.39, 0.29) is 23.0 Å². The summed E-state index contributed by atoms with van der Waals surface area (Å²) in [5.41, 5.74) is 1.49. The van der Waals surface area contributed by atoms with Gasteiger partial charge in [0.25, 0.3) is 10.0 Å². The van der Waals surface area contributed by atoms with Gasteiger partial charge in [-0.1, -0.05) is 59.6 Å². The molecule has 3 aromatic carbocycles. The Morgan fingerprint density at radius 2 is 1.65 bits per heavy atom. The number of anilines is 1. The maximum Gasteiger partial charge on any atom is 0.264 e. The van der Waals surface area contributed by atoms with Gasteiger partial charge in [-0.05, 0) is 68.3 Å². The second-order valence-corrected chi connectivity index (χ2v) is 11.1. The lowest BCUT2D eigenvalue weighted by molar-refractivity contribution is -0.139. The van der Waals surface area contributed by atoms with Gasteiger partial charge in [0.05, 0.1) is 10.6 Å². The number of sulfonamides is 1. The molecule has 0 aliphatic rings. The highest BCUT2D eigenvalue weighted by Crippen LogP contribution is 2.31. The number of carbonyl (C=O) groups excluding carboxylic acids is 2. The van der Waals surface area contributed by atoms with Crippen molar-refractivity contribution in [2.45, 2.75) is 38.3 Å². The van der Waals surface area contributed by atoms with E-state index in [0.29, 0.717) is 27.7 Å². The number of halogens is 2. The molecule has 0 radical (unpaired) electrons. The molecule has 3 aromatic rings. The van der Waals surface area contributed by atoms with Crippen LogP contribution >= 0.6 is 23.2 Å². The molecular weight excluding hydrogens is 533 g/mol. The van der Waals surface area contributed by atoms with Crippen LogP contribution < -0.4 is 9.62 Å². The number of nitrogens with one attached hydrogen (secondary N) is 1. The number of rotatable bonds is 10. The highest BCUT2D eigenvalue weighted by Gasteiger charge is 2.33. The van der Waals surface area contributed by atoms with Gasteiger partial charge in [-0.15, -0.1) is 0 Å². The van der Waals surface area contributed by atoms with Gasteiger partial charge in [0.15, 0.2) is 0 Å². The number of hydrogen-bond donors (Lipinski definition) is 1. The summed E-state index contributed by atoms with van der Waals surface area (Å²) in [6.07, 6.45) is 0. The van der Waals surface area contributed by atoms with Crippen LogP contribution in [-0.4, -0.2) is 44.3 Å². The van der Waals surface area contributed by atoms with E-state index in [2.05, 4.69) is 5.32 Å². The van der Waals surface area contributed by atoms with E-state index >= 15 is 0 Å². The fourth-order valence-corrected chi connectivity index (χ4v) is 5.71. The minimum absolute atomic E-state index is 0.0281. The van der Waals surface area contributed by atoms with E-state index in [1.165, 1.54) is 17.0 Å². The van der Waals surface area contributed by atoms with E-state index < -0.39 is 28.5 Å². The molecule has 0 aliphatic heterocycles. The Morgan fingerprint density at radius 3 is 2.30 bits per heavy atom. The van der Waals surface area contributed by atoms with Crippen molar-refractivity contribution < 1.29 is 18.0 Å². The molecule has 3 rings (SSSR count). The molecular formula is C27H29Cl2N3O4S. The zero-order valence-corrected chi connectivity index (χ0v) is 23.1. The van der Waals surface area contributed by atoms with Crippen molar-refractivity contribution in [3.05, 3.63) is 94.0 Å². The second kappa shape index (κ2) is 12.4. The maximum atomic E-state index is 13.8. The summed E-state index contributed by atoms with van der Waals surface area (Å²) in [4.78, 5) is 27.9. The van der Waals surface area contributed by atoms with Crippen molar-refractivity contribution in [3.63, 3.8) is 0 Å². The fourth-order valence-electron chi connectivity index (χ4n) is 3.84. The lowest BCUT2D eigenvalue weighted by Gasteiger charge is -2.32. The normalized spacial score (nSPS) is 12.0. The SMILES string of the molecule is CCNC(=O)[C@@H](C)N(Cc1cccc(Cl)c1)C(=O)CN(c1cccc(Cl)c1C)S(=O)(=O)c1ccccc1. The second-order valence-electron chi connectivity index (χ2n) is 8.43. The molecule has 7 nitrogen and oxygen atoms in total. The summed E-state index contributed by atoms with van der Waals surface area (Å²) in [5, 5.41) is 3.58. The molecule has 1 atom stereocenters. The molecule has 2 amide bonds. The van der Waals surface area contributed by atoms with Crippen LogP contribution in [-0.2, 0) is 26.2 Å². The number of carbonyl (C=O) groups is 2. The van der Waals surface area contributed by atoms with Crippen molar-refractivity contribution in [2.75, 3.05) is 17.4 Å². The fraction of sp³-hybridized carbons (Fsp3) is 0.259. The minimum atomic E-state index is -4.15. The number of nitrogens with zero attached hydrogens (tertiary/aromatic N) is 2. The van der Waals surface area contributed by atoms with E-state index in [4.69, 9.17) is 23.2 Å². The summed E-state index contributed by atoms with van der Waals surface area (Å²) in [6.45, 7) is 4.99. The van der Waals surface area contributed by atoms with Crippen LogP contribution in [0, 0.1) is 6.92 Å². The first-order chi connectivity index (χ1) is 17.6. The van der Waals surface area contributed by atoms with Gasteiger partial charge >= 0.3 is 0 Å². The van der Waals surface area contributed by atoms with Crippen molar-refractivity contribution in [1.29, 1.82) is 0 Å². The first kappa shape index (κ1) is 28.5. The molecule has 0 aliphatic carbocycles. The van der Waals surface area contributed by atoms with Gasteiger partial charge in [0.1, 0.15) is 12.6 Å². The first-order valence-corrected chi connectivity index (χ1v) is 13.9. The Morgan fingerprint density at radius 1 is 0.973 bits per heavy atom. The largest absolute Gasteiger partial charge is 0.355 e. The lowest BCUT2D eigenvalue weighted by atomic mass is 10.1. The molecule has 37 heavy (non-hydrogen) atoms. The molecule has 0 saturated heterocycles. The number of amides is 2. The van der Waals surface area contributed by atoms with Gasteiger partial charge in [-0.25, -0.2) is 8.42 Å². The van der Waals surface area contributed by atoms with Crippen LogP contribution in [0.3, 0.4) is 0 Å². The Kier molecular flexibility index (Phi) is 9.59. The van der Waals surface area contributed by atoms with Gasteiger partial charge < -0.3 is 10.2 Å². The van der Waals surface area contributed by atoms with Gasteiger partial charge in [-0.3, -0.25) is 13.9 Å². The van der Waals surface area contributed by atoms with Crippen LogP contribution in [0.2, 0.25) is 10.0 Å². The predicted molar refractivity (Wildman–Crippen MR) is 147 cm³/mol. The van der Waals surface area contributed by atoms with E-state index in [1.807, 2.05) is 0 Å². The Hall–Kier alpha value is -3.07. The molecule has 0 spiro atoms. The average Bonchev–Trinajstić information content (AvgIpc) is 2.88. The van der Waals surface area contributed by atoms with Crippen LogP contribution in [0.5, 0.6) is 0 Å². The van der Waals surface area contributed by atoms with Crippen molar-refractivity contribution in [2.24, 2.45) is 0 Å². The highest BCUT2D eigenvalue weighted by molar-refractivity contribution is 7.92. The van der Waals surface area contributed by atoms with E-state index in [9.17, 15) is 18.0 Å². The summed E-state index contributed by atoms with van der Waals surface area (Å²) in [5.74, 6) is -0.910. The van der Waals surface area contributed by atoms with Crippen molar-refractivity contribution in [3.8, 4) is 0 Å². The average molecular weight is 563 g/mol. The van der Waals surface area contributed by atoms with Crippen molar-refractivity contribution >= 4 is 50.7 Å². The smallest absolute Gasteiger partial charge is 0.264 e. The third kappa shape index (κ3) is 6.83. The Labute approximate surface area is 228 Å². The molecule has 0 bridgehead atoms. The van der Waals surface area contributed by atoms with Crippen LogP contribution in [0.25, 0.3) is 0 Å². The van der Waals surface area contributed by atoms with Crippen LogP contribution in [0.15, 0.2) is 77.7 Å². The monoisotopic (exact) mass is 561 g/mol. The van der Waals surface area contributed by atoms with Gasteiger partial charge in [0, 0.05) is 23.1 Å². The zero-order valence-electron chi connectivity index (χ0n) is 20.8. The quantitative estimate of drug-likeness (QED) is 0.375. The Balaban J connectivity index is 2.07. The highest BCUT2D eigenvalue weighted by atomic mass is 35.5. The van der Waals surface area contributed by atoms with Crippen molar-refractivity contribution in [1.82, 2.24) is 10.2 Å². The molecule has 0 aromatic heterocycles. The molecule has 0 heterocycles. The standard InChI is InChI=1S/C27H29Cl2N3O4S/c1-4-30-27(34)20(3)31(17-21-10-8-11-22(28)16-21)26(33)18-32(25-15-9-14-24(29)19(25)2)37(35,36)23-12-6-5-7-13-23/h5-16,20H,4,17-18H2,1-3H3,(H,30,34)/t20-/m1/s1. The minimum Gasteiger partial charge on any atom is -0.355 e. The summed E-state index contributed by atoms with van der Waals surface area (Å²) < 4.78 is 28.6. The lowest BCUT2D eigenvalue weighted by Crippen LogP contribution is -2.51. The topological polar surface area (TPSA) is 86.8 Å². The summed E-state index contributed by atoms with van der Waals surface area (Å²) in [6, 6.07) is 18.8. The molecule has 0 saturated carbocycles. The third-order valence-electron chi connectivity index (χ3n) is 5.88. The Bertz CT molecular complexity index is 1370. The summed E-state index contributed by atoms with van der Waals surface area (Å²) >= 11 is 12.5.